The Hall–Kier alpha value is -0.830. The van der Waals surface area contributed by atoms with Gasteiger partial charge in [0.2, 0.25) is 5.91 Å². The average Bonchev–Trinajstić information content (AvgIpc) is 2.27. The van der Waals surface area contributed by atoms with E-state index in [-0.39, 0.29) is 5.91 Å². The van der Waals surface area contributed by atoms with Gasteiger partial charge in [-0.1, -0.05) is 27.4 Å². The summed E-state index contributed by atoms with van der Waals surface area (Å²) in [5.41, 5.74) is 0.665. The third-order valence-corrected chi connectivity index (χ3v) is 2.58. The lowest BCUT2D eigenvalue weighted by Crippen LogP contribution is -2.30. The molecule has 3 heteroatoms. The molecule has 0 aromatic heterocycles. The largest absolute Gasteiger partial charge is 0.352 e. The van der Waals surface area contributed by atoms with Gasteiger partial charge in [-0.15, -0.1) is 0 Å². The highest BCUT2D eigenvalue weighted by Crippen LogP contribution is 1.95. The van der Waals surface area contributed by atoms with Crippen molar-refractivity contribution < 1.29 is 4.79 Å². The Bertz CT molecular complexity index is 198. The molecule has 0 aliphatic heterocycles. The molecule has 15 heavy (non-hydrogen) atoms. The van der Waals surface area contributed by atoms with Crippen LogP contribution in [-0.4, -0.2) is 37.0 Å². The van der Waals surface area contributed by atoms with Crippen LogP contribution in [0.15, 0.2) is 12.2 Å². The van der Waals surface area contributed by atoms with Crippen molar-refractivity contribution >= 4 is 5.91 Å². The minimum absolute atomic E-state index is 0.00273. The molecule has 0 atom stereocenters. The Morgan fingerprint density at radius 3 is 2.33 bits per heavy atom. The van der Waals surface area contributed by atoms with E-state index in [0.717, 1.165) is 39.0 Å². The zero-order valence-electron chi connectivity index (χ0n) is 10.3. The first-order valence-electron chi connectivity index (χ1n) is 5.83. The molecule has 0 bridgehead atoms. The highest BCUT2D eigenvalue weighted by Gasteiger charge is 2.03. The van der Waals surface area contributed by atoms with Crippen molar-refractivity contribution in [2.24, 2.45) is 0 Å². The van der Waals surface area contributed by atoms with E-state index in [1.165, 1.54) is 0 Å². The minimum Gasteiger partial charge on any atom is -0.352 e. The standard InChI is InChI=1S/C12H24N2O/c1-5-11(4)12(15)13-9-8-10-14(6-2)7-3/h4-10H2,1-3H3,(H,13,15). The van der Waals surface area contributed by atoms with E-state index >= 15 is 0 Å². The summed E-state index contributed by atoms with van der Waals surface area (Å²) in [6.45, 7) is 13.9. The highest BCUT2D eigenvalue weighted by molar-refractivity contribution is 5.92. The summed E-state index contributed by atoms with van der Waals surface area (Å²) in [7, 11) is 0. The van der Waals surface area contributed by atoms with Gasteiger partial charge >= 0.3 is 0 Å². The molecule has 1 N–H and O–H groups in total. The summed E-state index contributed by atoms with van der Waals surface area (Å²) in [5.74, 6) is -0.00273. The number of carbonyl (C=O) groups excluding carboxylic acids is 1. The second kappa shape index (κ2) is 8.48. The van der Waals surface area contributed by atoms with Crippen LogP contribution < -0.4 is 5.32 Å². The first-order chi connectivity index (χ1) is 7.15. The number of carbonyl (C=O) groups is 1. The van der Waals surface area contributed by atoms with Crippen LogP contribution in [0, 0.1) is 0 Å². The maximum absolute atomic E-state index is 11.3. The van der Waals surface area contributed by atoms with E-state index in [4.69, 9.17) is 0 Å². The van der Waals surface area contributed by atoms with Gasteiger partial charge < -0.3 is 10.2 Å². The Morgan fingerprint density at radius 1 is 1.27 bits per heavy atom. The second-order valence-corrected chi connectivity index (χ2v) is 3.59. The molecule has 3 nitrogen and oxygen atoms in total. The SMILES string of the molecule is C=C(CC)C(=O)NCCCN(CC)CC. The van der Waals surface area contributed by atoms with Gasteiger partial charge in [0.15, 0.2) is 0 Å². The number of nitrogens with one attached hydrogen (secondary N) is 1. The normalized spacial score (nSPS) is 10.4. The summed E-state index contributed by atoms with van der Waals surface area (Å²) in [5, 5.41) is 2.87. The molecule has 1 amide bonds. The summed E-state index contributed by atoms with van der Waals surface area (Å²) in [4.78, 5) is 13.7. The van der Waals surface area contributed by atoms with Crippen molar-refractivity contribution in [1.82, 2.24) is 10.2 Å². The lowest BCUT2D eigenvalue weighted by atomic mass is 10.2. The number of hydrogen-bond donors (Lipinski definition) is 1. The number of rotatable bonds is 8. The molecule has 0 spiro atoms. The Balaban J connectivity index is 3.54. The molecule has 0 saturated carbocycles. The highest BCUT2D eigenvalue weighted by atomic mass is 16.1. The van der Waals surface area contributed by atoms with E-state index in [9.17, 15) is 4.79 Å². The van der Waals surface area contributed by atoms with Crippen LogP contribution >= 0.6 is 0 Å². The van der Waals surface area contributed by atoms with Crippen LogP contribution in [0.25, 0.3) is 0 Å². The van der Waals surface area contributed by atoms with Gasteiger partial charge in [-0.05, 0) is 32.5 Å². The molecule has 0 aliphatic carbocycles. The zero-order chi connectivity index (χ0) is 11.7. The molecule has 0 rings (SSSR count). The molecule has 0 aliphatic rings. The zero-order valence-corrected chi connectivity index (χ0v) is 10.3. The van der Waals surface area contributed by atoms with Gasteiger partial charge in [0, 0.05) is 12.1 Å². The van der Waals surface area contributed by atoms with Crippen molar-refractivity contribution in [1.29, 1.82) is 0 Å². The molecular formula is C12H24N2O. The number of nitrogens with zero attached hydrogens (tertiary/aromatic N) is 1. The maximum atomic E-state index is 11.3. The Labute approximate surface area is 93.5 Å². The van der Waals surface area contributed by atoms with Gasteiger partial charge in [-0.25, -0.2) is 0 Å². The van der Waals surface area contributed by atoms with Crippen LogP contribution in [0.3, 0.4) is 0 Å². The maximum Gasteiger partial charge on any atom is 0.246 e. The van der Waals surface area contributed by atoms with E-state index in [2.05, 4.69) is 30.6 Å². The molecule has 0 aromatic carbocycles. The first-order valence-corrected chi connectivity index (χ1v) is 5.83. The van der Waals surface area contributed by atoms with Crippen molar-refractivity contribution in [2.75, 3.05) is 26.2 Å². The van der Waals surface area contributed by atoms with Gasteiger partial charge in [0.25, 0.3) is 0 Å². The number of amides is 1. The molecule has 0 radical (unpaired) electrons. The molecular weight excluding hydrogens is 188 g/mol. The summed E-state index contributed by atoms with van der Waals surface area (Å²) in [6, 6.07) is 0. The minimum atomic E-state index is -0.00273. The topological polar surface area (TPSA) is 32.3 Å². The van der Waals surface area contributed by atoms with Gasteiger partial charge in [0.05, 0.1) is 0 Å². The average molecular weight is 212 g/mol. The van der Waals surface area contributed by atoms with E-state index < -0.39 is 0 Å². The van der Waals surface area contributed by atoms with Crippen LogP contribution in [0.4, 0.5) is 0 Å². The molecule has 0 heterocycles. The van der Waals surface area contributed by atoms with Crippen molar-refractivity contribution in [3.8, 4) is 0 Å². The van der Waals surface area contributed by atoms with Crippen LogP contribution in [-0.2, 0) is 4.79 Å². The molecule has 88 valence electrons. The van der Waals surface area contributed by atoms with Crippen molar-refractivity contribution in [2.45, 2.75) is 33.6 Å². The quantitative estimate of drug-likeness (QED) is 0.491. The summed E-state index contributed by atoms with van der Waals surface area (Å²) >= 11 is 0. The fraction of sp³-hybridized carbons (Fsp3) is 0.750. The molecule has 0 saturated heterocycles. The van der Waals surface area contributed by atoms with Crippen LogP contribution in [0.5, 0.6) is 0 Å². The fourth-order valence-electron chi connectivity index (χ4n) is 1.33. The second-order valence-electron chi connectivity index (χ2n) is 3.59. The molecule has 0 unspecified atom stereocenters. The van der Waals surface area contributed by atoms with Gasteiger partial charge in [0.1, 0.15) is 0 Å². The Morgan fingerprint density at radius 2 is 1.87 bits per heavy atom. The predicted molar refractivity (Wildman–Crippen MR) is 64.8 cm³/mol. The van der Waals surface area contributed by atoms with Gasteiger partial charge in [-0.3, -0.25) is 4.79 Å². The van der Waals surface area contributed by atoms with E-state index in [0.29, 0.717) is 5.57 Å². The number of hydrogen-bond acceptors (Lipinski definition) is 2. The third-order valence-electron chi connectivity index (χ3n) is 2.58. The van der Waals surface area contributed by atoms with Crippen LogP contribution in [0.2, 0.25) is 0 Å². The van der Waals surface area contributed by atoms with Crippen molar-refractivity contribution in [3.63, 3.8) is 0 Å². The van der Waals surface area contributed by atoms with E-state index in [1.54, 1.807) is 0 Å². The first kappa shape index (κ1) is 14.2. The van der Waals surface area contributed by atoms with Crippen LogP contribution in [0.1, 0.15) is 33.6 Å². The van der Waals surface area contributed by atoms with Gasteiger partial charge in [-0.2, -0.15) is 0 Å². The Kier molecular flexibility index (Phi) is 8.01. The predicted octanol–water partition coefficient (Wildman–Crippen LogP) is 1.80. The lowest BCUT2D eigenvalue weighted by Gasteiger charge is -2.17. The molecule has 0 aromatic rings. The smallest absolute Gasteiger partial charge is 0.246 e. The summed E-state index contributed by atoms with van der Waals surface area (Å²) in [6.07, 6.45) is 1.73. The fourth-order valence-corrected chi connectivity index (χ4v) is 1.33. The van der Waals surface area contributed by atoms with Crippen molar-refractivity contribution in [3.05, 3.63) is 12.2 Å². The molecule has 0 fully saturated rings. The third kappa shape index (κ3) is 6.28. The van der Waals surface area contributed by atoms with E-state index in [1.807, 2.05) is 6.92 Å². The monoisotopic (exact) mass is 212 g/mol. The summed E-state index contributed by atoms with van der Waals surface area (Å²) < 4.78 is 0. The lowest BCUT2D eigenvalue weighted by molar-refractivity contribution is -0.117.